The monoisotopic (exact) mass is 402 g/mol. The fourth-order valence-electron chi connectivity index (χ4n) is 3.91. The van der Waals surface area contributed by atoms with Crippen LogP contribution in [0.2, 0.25) is 0 Å². The van der Waals surface area contributed by atoms with Crippen molar-refractivity contribution in [3.05, 3.63) is 23.8 Å². The molecule has 4 rings (SSSR count). The summed E-state index contributed by atoms with van der Waals surface area (Å²) in [4.78, 5) is 12.1. The molecule has 3 atom stereocenters. The van der Waals surface area contributed by atoms with Crippen LogP contribution >= 0.6 is 12.4 Å². The third-order valence-corrected chi connectivity index (χ3v) is 7.08. The molecule has 2 fully saturated rings. The van der Waals surface area contributed by atoms with E-state index in [1.165, 1.54) is 0 Å². The van der Waals surface area contributed by atoms with Gasteiger partial charge in [0, 0.05) is 19.5 Å². The second-order valence-corrected chi connectivity index (χ2v) is 8.77. The van der Waals surface area contributed by atoms with E-state index >= 15 is 0 Å². The number of halogens is 1. The zero-order chi connectivity index (χ0) is 17.6. The highest BCUT2D eigenvalue weighted by Gasteiger charge is 2.42. The summed E-state index contributed by atoms with van der Waals surface area (Å²) in [5.41, 5.74) is 0.736. The molecule has 1 aromatic rings. The summed E-state index contributed by atoms with van der Waals surface area (Å²) in [5.74, 6) is 0.948. The zero-order valence-corrected chi connectivity index (χ0v) is 16.1. The van der Waals surface area contributed by atoms with Crippen molar-refractivity contribution < 1.29 is 22.7 Å². The van der Waals surface area contributed by atoms with Crippen LogP contribution in [0, 0.1) is 11.8 Å². The number of carbonyl (C=O) groups excluding carboxylic acids is 1. The normalized spacial score (nSPS) is 27.3. The van der Waals surface area contributed by atoms with Crippen molar-refractivity contribution >= 4 is 28.4 Å². The Morgan fingerprint density at radius 2 is 2.00 bits per heavy atom. The molecule has 0 bridgehead atoms. The number of fused-ring (bicyclic) bond motifs is 2. The number of hydrogen-bond donors (Lipinski definition) is 1. The molecule has 1 unspecified atom stereocenters. The zero-order valence-electron chi connectivity index (χ0n) is 14.5. The fraction of sp³-hybridized carbons (Fsp3) is 0.588. The summed E-state index contributed by atoms with van der Waals surface area (Å²) < 4.78 is 38.1. The van der Waals surface area contributed by atoms with Gasteiger partial charge in [-0.3, -0.25) is 0 Å². The molecule has 9 heteroatoms. The lowest BCUT2D eigenvalue weighted by Crippen LogP contribution is -2.32. The Bertz CT molecular complexity index is 788. The molecule has 1 aromatic carbocycles. The minimum Gasteiger partial charge on any atom is -0.478 e. The molecule has 2 saturated heterocycles. The molecule has 3 aliphatic heterocycles. The van der Waals surface area contributed by atoms with Crippen molar-refractivity contribution in [2.45, 2.75) is 24.3 Å². The summed E-state index contributed by atoms with van der Waals surface area (Å²) in [6.45, 7) is 4.94. The van der Waals surface area contributed by atoms with Gasteiger partial charge >= 0.3 is 5.97 Å². The van der Waals surface area contributed by atoms with Crippen LogP contribution < -0.4 is 10.1 Å². The SMILES string of the molecule is CCOC(=O)C1Cc2cc(S(=O)(=O)N3C[C@H]4CNC[C@H]4C3)ccc2O1.Cl. The van der Waals surface area contributed by atoms with E-state index < -0.39 is 22.1 Å². The minimum atomic E-state index is -3.52. The second-order valence-electron chi connectivity index (χ2n) is 6.83. The van der Waals surface area contributed by atoms with E-state index in [0.29, 0.717) is 43.7 Å². The molecule has 0 saturated carbocycles. The standard InChI is InChI=1S/C17H22N2O5S.ClH/c1-2-23-17(20)16-6-11-5-14(3-4-15(11)24-16)25(21,22)19-9-12-7-18-8-13(12)10-19;/h3-5,12-13,16,18H,2,6-10H2,1H3;1H/t12-,13+,16?;. The first-order valence-electron chi connectivity index (χ1n) is 8.66. The quantitative estimate of drug-likeness (QED) is 0.750. The van der Waals surface area contributed by atoms with Crippen LogP contribution in [0.15, 0.2) is 23.1 Å². The van der Waals surface area contributed by atoms with Crippen molar-refractivity contribution in [2.24, 2.45) is 11.8 Å². The number of rotatable bonds is 4. The third-order valence-electron chi connectivity index (χ3n) is 5.25. The number of sulfonamides is 1. The topological polar surface area (TPSA) is 84.9 Å². The van der Waals surface area contributed by atoms with Gasteiger partial charge in [0.05, 0.1) is 11.5 Å². The van der Waals surface area contributed by atoms with Crippen LogP contribution in [0.4, 0.5) is 0 Å². The number of nitrogens with one attached hydrogen (secondary N) is 1. The third kappa shape index (κ3) is 3.31. The molecule has 7 nitrogen and oxygen atoms in total. The molecular weight excluding hydrogens is 380 g/mol. The lowest BCUT2D eigenvalue weighted by molar-refractivity contribution is -0.150. The highest BCUT2D eigenvalue weighted by molar-refractivity contribution is 7.89. The number of hydrogen-bond acceptors (Lipinski definition) is 6. The van der Waals surface area contributed by atoms with Gasteiger partial charge in [-0.2, -0.15) is 4.31 Å². The molecule has 0 aliphatic carbocycles. The second kappa shape index (κ2) is 7.34. The molecule has 3 aliphatic rings. The molecule has 0 aromatic heterocycles. The van der Waals surface area contributed by atoms with Crippen LogP contribution in [0.25, 0.3) is 0 Å². The molecule has 0 spiro atoms. The Balaban J connectivity index is 0.00000196. The summed E-state index contributed by atoms with van der Waals surface area (Å²) in [6, 6.07) is 4.84. The molecule has 0 amide bonds. The Hall–Kier alpha value is -1.35. The van der Waals surface area contributed by atoms with Gasteiger partial charge in [-0.05, 0) is 55.6 Å². The highest BCUT2D eigenvalue weighted by Crippen LogP contribution is 2.35. The van der Waals surface area contributed by atoms with E-state index in [2.05, 4.69) is 5.32 Å². The molecule has 26 heavy (non-hydrogen) atoms. The van der Waals surface area contributed by atoms with E-state index in [1.807, 2.05) is 0 Å². The van der Waals surface area contributed by atoms with E-state index in [1.54, 1.807) is 29.4 Å². The summed E-state index contributed by atoms with van der Waals surface area (Å²) in [5, 5.41) is 3.31. The average molecular weight is 403 g/mol. The van der Waals surface area contributed by atoms with Crippen molar-refractivity contribution in [1.82, 2.24) is 9.62 Å². The van der Waals surface area contributed by atoms with Gasteiger partial charge in [0.15, 0.2) is 6.10 Å². The van der Waals surface area contributed by atoms with Crippen LogP contribution in [0.3, 0.4) is 0 Å². The molecular formula is C17H23ClN2O5S. The Morgan fingerprint density at radius 3 is 2.65 bits per heavy atom. The maximum Gasteiger partial charge on any atom is 0.347 e. The Morgan fingerprint density at radius 1 is 1.31 bits per heavy atom. The van der Waals surface area contributed by atoms with Crippen molar-refractivity contribution in [3.8, 4) is 5.75 Å². The minimum absolute atomic E-state index is 0. The van der Waals surface area contributed by atoms with E-state index in [0.717, 1.165) is 18.7 Å². The van der Waals surface area contributed by atoms with Gasteiger partial charge in [0.2, 0.25) is 10.0 Å². The average Bonchev–Trinajstić information content (AvgIpc) is 3.28. The first kappa shape index (κ1) is 19.4. The molecule has 1 N–H and O–H groups in total. The smallest absolute Gasteiger partial charge is 0.347 e. The largest absolute Gasteiger partial charge is 0.478 e. The predicted molar refractivity (Wildman–Crippen MR) is 97.1 cm³/mol. The number of ether oxygens (including phenoxy) is 2. The number of benzene rings is 1. The predicted octanol–water partition coefficient (Wildman–Crippen LogP) is 0.815. The van der Waals surface area contributed by atoms with Gasteiger partial charge < -0.3 is 14.8 Å². The van der Waals surface area contributed by atoms with Gasteiger partial charge in [-0.15, -0.1) is 12.4 Å². The maximum atomic E-state index is 13.0. The Kier molecular flexibility index (Phi) is 5.48. The summed E-state index contributed by atoms with van der Waals surface area (Å²) in [6.07, 6.45) is -0.350. The van der Waals surface area contributed by atoms with Crippen LogP contribution in [-0.4, -0.2) is 57.6 Å². The van der Waals surface area contributed by atoms with Gasteiger partial charge in [0.25, 0.3) is 0 Å². The Labute approximate surface area is 159 Å². The van der Waals surface area contributed by atoms with Crippen LogP contribution in [0.1, 0.15) is 12.5 Å². The number of nitrogens with zero attached hydrogens (tertiary/aromatic N) is 1. The van der Waals surface area contributed by atoms with E-state index in [4.69, 9.17) is 9.47 Å². The number of carbonyl (C=O) groups is 1. The lowest BCUT2D eigenvalue weighted by atomic mass is 10.0. The molecule has 144 valence electrons. The van der Waals surface area contributed by atoms with Crippen molar-refractivity contribution in [3.63, 3.8) is 0 Å². The van der Waals surface area contributed by atoms with Crippen LogP contribution in [-0.2, 0) is 26.0 Å². The van der Waals surface area contributed by atoms with Gasteiger partial charge in [-0.1, -0.05) is 0 Å². The molecule has 0 radical (unpaired) electrons. The first-order valence-corrected chi connectivity index (χ1v) is 10.1. The van der Waals surface area contributed by atoms with Crippen LogP contribution in [0.5, 0.6) is 5.75 Å². The highest BCUT2D eigenvalue weighted by atomic mass is 35.5. The lowest BCUT2D eigenvalue weighted by Gasteiger charge is -2.17. The van der Waals surface area contributed by atoms with Crippen molar-refractivity contribution in [1.29, 1.82) is 0 Å². The number of esters is 1. The summed E-state index contributed by atoms with van der Waals surface area (Å²) >= 11 is 0. The van der Waals surface area contributed by atoms with Gasteiger partial charge in [0.1, 0.15) is 5.75 Å². The summed E-state index contributed by atoms with van der Waals surface area (Å²) in [7, 11) is -3.52. The first-order chi connectivity index (χ1) is 12.0. The van der Waals surface area contributed by atoms with E-state index in [9.17, 15) is 13.2 Å². The maximum absolute atomic E-state index is 13.0. The molecule has 3 heterocycles. The van der Waals surface area contributed by atoms with E-state index in [-0.39, 0.29) is 17.3 Å². The van der Waals surface area contributed by atoms with Crippen molar-refractivity contribution in [2.75, 3.05) is 32.8 Å². The van der Waals surface area contributed by atoms with Gasteiger partial charge in [-0.25, -0.2) is 13.2 Å². The fourth-order valence-corrected chi connectivity index (χ4v) is 5.51.